The Balaban J connectivity index is 2.51. The lowest BCUT2D eigenvalue weighted by molar-refractivity contribution is -0.130. The van der Waals surface area contributed by atoms with E-state index in [0.717, 1.165) is 6.42 Å². The van der Waals surface area contributed by atoms with Gasteiger partial charge in [0, 0.05) is 18.7 Å². The molecule has 0 radical (unpaired) electrons. The topological polar surface area (TPSA) is 58.6 Å². The highest BCUT2D eigenvalue weighted by Gasteiger charge is 2.17. The fourth-order valence-corrected chi connectivity index (χ4v) is 2.26. The van der Waals surface area contributed by atoms with Crippen molar-refractivity contribution in [3.8, 4) is 5.75 Å². The Bertz CT molecular complexity index is 547. The lowest BCUT2D eigenvalue weighted by Crippen LogP contribution is -2.42. The van der Waals surface area contributed by atoms with Gasteiger partial charge in [0.25, 0.3) is 5.91 Å². The molecule has 0 fully saturated rings. The summed E-state index contributed by atoms with van der Waals surface area (Å²) in [5.41, 5.74) is 0.266. The minimum absolute atomic E-state index is 0.0279. The van der Waals surface area contributed by atoms with Crippen LogP contribution in [0.1, 0.15) is 37.6 Å². The predicted molar refractivity (Wildman–Crippen MR) is 87.1 cm³/mol. The van der Waals surface area contributed by atoms with Gasteiger partial charge in [-0.3, -0.25) is 9.59 Å². The standard InChI is InChI=1S/C17H24F2N2O3/c1-11(2)9-12(3)21(4)15(22)10-20-16(23)13-5-7-14(8-6-13)24-17(18)19/h5-8,11-12,17H,9-10H2,1-4H3,(H,20,23). The molecule has 1 aromatic carbocycles. The first-order valence-corrected chi connectivity index (χ1v) is 7.79. The van der Waals surface area contributed by atoms with Crippen molar-refractivity contribution in [3.05, 3.63) is 29.8 Å². The smallest absolute Gasteiger partial charge is 0.387 e. The highest BCUT2D eigenvalue weighted by atomic mass is 19.3. The molecule has 1 aromatic rings. The molecule has 2 amide bonds. The maximum atomic E-state index is 12.1. The molecule has 134 valence electrons. The van der Waals surface area contributed by atoms with E-state index in [9.17, 15) is 18.4 Å². The van der Waals surface area contributed by atoms with E-state index in [1.54, 1.807) is 11.9 Å². The van der Waals surface area contributed by atoms with Crippen molar-refractivity contribution < 1.29 is 23.1 Å². The van der Waals surface area contributed by atoms with Crippen molar-refractivity contribution in [3.63, 3.8) is 0 Å². The zero-order chi connectivity index (χ0) is 18.3. The Kier molecular flexibility index (Phi) is 7.61. The van der Waals surface area contributed by atoms with Gasteiger partial charge in [-0.05, 0) is 43.5 Å². The summed E-state index contributed by atoms with van der Waals surface area (Å²) in [6, 6.07) is 5.37. The number of ether oxygens (including phenoxy) is 1. The summed E-state index contributed by atoms with van der Waals surface area (Å²) in [6.45, 7) is 3.09. The molecule has 0 heterocycles. The number of hydrogen-bond acceptors (Lipinski definition) is 3. The Morgan fingerprint density at radius 1 is 1.17 bits per heavy atom. The number of benzene rings is 1. The number of likely N-dealkylation sites (N-methyl/N-ethyl adjacent to an activating group) is 1. The third-order valence-corrected chi connectivity index (χ3v) is 3.61. The normalized spacial score (nSPS) is 12.2. The highest BCUT2D eigenvalue weighted by Crippen LogP contribution is 2.15. The fourth-order valence-electron chi connectivity index (χ4n) is 2.26. The molecule has 1 rings (SSSR count). The van der Waals surface area contributed by atoms with Crippen LogP contribution in [0.4, 0.5) is 8.78 Å². The Labute approximate surface area is 141 Å². The van der Waals surface area contributed by atoms with E-state index in [4.69, 9.17) is 0 Å². The van der Waals surface area contributed by atoms with Gasteiger partial charge in [-0.25, -0.2) is 0 Å². The maximum Gasteiger partial charge on any atom is 0.387 e. The molecule has 5 nitrogen and oxygen atoms in total. The first-order chi connectivity index (χ1) is 11.2. The average Bonchev–Trinajstić information content (AvgIpc) is 2.50. The number of nitrogens with zero attached hydrogens (tertiary/aromatic N) is 1. The number of amides is 2. The van der Waals surface area contributed by atoms with E-state index in [0.29, 0.717) is 5.92 Å². The minimum Gasteiger partial charge on any atom is -0.435 e. The van der Waals surface area contributed by atoms with Gasteiger partial charge in [-0.2, -0.15) is 8.78 Å². The number of carbonyl (C=O) groups is 2. The van der Waals surface area contributed by atoms with Crippen LogP contribution in [0.5, 0.6) is 5.75 Å². The molecular formula is C17H24F2N2O3. The molecule has 7 heteroatoms. The lowest BCUT2D eigenvalue weighted by Gasteiger charge is -2.26. The molecule has 1 unspecified atom stereocenters. The molecule has 0 saturated carbocycles. The number of rotatable bonds is 8. The van der Waals surface area contributed by atoms with Crippen LogP contribution in [0.25, 0.3) is 0 Å². The Morgan fingerprint density at radius 3 is 2.25 bits per heavy atom. The summed E-state index contributed by atoms with van der Waals surface area (Å²) in [6.07, 6.45) is 0.877. The maximum absolute atomic E-state index is 12.1. The van der Waals surface area contributed by atoms with Crippen LogP contribution < -0.4 is 10.1 Å². The predicted octanol–water partition coefficient (Wildman–Crippen LogP) is 2.91. The van der Waals surface area contributed by atoms with Crippen LogP contribution >= 0.6 is 0 Å². The van der Waals surface area contributed by atoms with Crippen molar-refractivity contribution >= 4 is 11.8 Å². The van der Waals surface area contributed by atoms with Gasteiger partial charge in [0.1, 0.15) is 5.75 Å². The molecule has 24 heavy (non-hydrogen) atoms. The summed E-state index contributed by atoms with van der Waals surface area (Å²) in [5, 5.41) is 2.53. The summed E-state index contributed by atoms with van der Waals surface area (Å²) < 4.78 is 28.3. The van der Waals surface area contributed by atoms with Crippen molar-refractivity contribution in [1.82, 2.24) is 10.2 Å². The molecular weight excluding hydrogens is 318 g/mol. The zero-order valence-corrected chi connectivity index (χ0v) is 14.4. The van der Waals surface area contributed by atoms with Crippen LogP contribution in [0.2, 0.25) is 0 Å². The molecule has 0 aromatic heterocycles. The third-order valence-electron chi connectivity index (χ3n) is 3.61. The second-order valence-corrected chi connectivity index (χ2v) is 6.07. The summed E-state index contributed by atoms with van der Waals surface area (Å²) >= 11 is 0. The van der Waals surface area contributed by atoms with Crippen molar-refractivity contribution in [2.24, 2.45) is 5.92 Å². The second kappa shape index (κ2) is 9.20. The first-order valence-electron chi connectivity index (χ1n) is 7.79. The van der Waals surface area contributed by atoms with E-state index >= 15 is 0 Å². The third kappa shape index (κ3) is 6.52. The molecule has 0 bridgehead atoms. The van der Waals surface area contributed by atoms with Gasteiger partial charge in [0.2, 0.25) is 5.91 Å². The second-order valence-electron chi connectivity index (χ2n) is 6.07. The minimum atomic E-state index is -2.91. The number of carbonyl (C=O) groups excluding carboxylic acids is 2. The monoisotopic (exact) mass is 342 g/mol. The number of halogens is 2. The molecule has 1 atom stereocenters. The van der Waals surface area contributed by atoms with E-state index in [1.807, 2.05) is 6.92 Å². The van der Waals surface area contributed by atoms with Crippen molar-refractivity contribution in [2.45, 2.75) is 39.8 Å². The highest BCUT2D eigenvalue weighted by molar-refractivity contribution is 5.96. The number of hydrogen-bond donors (Lipinski definition) is 1. The molecule has 0 saturated heterocycles. The summed E-state index contributed by atoms with van der Waals surface area (Å²) in [7, 11) is 1.71. The molecule has 0 aliphatic heterocycles. The lowest BCUT2D eigenvalue weighted by atomic mass is 10.0. The zero-order valence-electron chi connectivity index (χ0n) is 14.4. The fraction of sp³-hybridized carbons (Fsp3) is 0.529. The van der Waals surface area contributed by atoms with Gasteiger partial charge in [0.05, 0.1) is 6.54 Å². The van der Waals surface area contributed by atoms with Crippen LogP contribution in [0.3, 0.4) is 0 Å². The summed E-state index contributed by atoms with van der Waals surface area (Å²) in [4.78, 5) is 25.7. The SMILES string of the molecule is CC(C)CC(C)N(C)C(=O)CNC(=O)c1ccc(OC(F)F)cc1. The van der Waals surface area contributed by atoms with Gasteiger partial charge in [-0.1, -0.05) is 13.8 Å². The molecule has 0 aliphatic carbocycles. The first kappa shape index (κ1) is 19.9. The van der Waals surface area contributed by atoms with Crippen LogP contribution in [-0.2, 0) is 4.79 Å². The Hall–Kier alpha value is -2.18. The summed E-state index contributed by atoms with van der Waals surface area (Å²) in [5.74, 6) is -0.190. The van der Waals surface area contributed by atoms with E-state index < -0.39 is 12.5 Å². The van der Waals surface area contributed by atoms with Gasteiger partial charge in [-0.15, -0.1) is 0 Å². The largest absolute Gasteiger partial charge is 0.435 e. The molecule has 0 spiro atoms. The number of alkyl halides is 2. The van der Waals surface area contributed by atoms with E-state index in [1.165, 1.54) is 24.3 Å². The van der Waals surface area contributed by atoms with Crippen LogP contribution in [-0.4, -0.2) is 43.0 Å². The molecule has 1 N–H and O–H groups in total. The average molecular weight is 342 g/mol. The van der Waals surface area contributed by atoms with Crippen molar-refractivity contribution in [1.29, 1.82) is 0 Å². The van der Waals surface area contributed by atoms with E-state index in [2.05, 4.69) is 23.9 Å². The quantitative estimate of drug-likeness (QED) is 0.790. The van der Waals surface area contributed by atoms with Gasteiger partial charge in [0.15, 0.2) is 0 Å². The Morgan fingerprint density at radius 2 is 1.75 bits per heavy atom. The van der Waals surface area contributed by atoms with Gasteiger partial charge >= 0.3 is 6.61 Å². The van der Waals surface area contributed by atoms with Crippen LogP contribution in [0, 0.1) is 5.92 Å². The molecule has 0 aliphatic rings. The van der Waals surface area contributed by atoms with Crippen molar-refractivity contribution in [2.75, 3.05) is 13.6 Å². The van der Waals surface area contributed by atoms with Gasteiger partial charge < -0.3 is 15.0 Å². The van der Waals surface area contributed by atoms with E-state index in [-0.39, 0.29) is 29.8 Å². The van der Waals surface area contributed by atoms with Crippen LogP contribution in [0.15, 0.2) is 24.3 Å². The number of nitrogens with one attached hydrogen (secondary N) is 1.